The van der Waals surface area contributed by atoms with Crippen LogP contribution in [0.3, 0.4) is 0 Å². The Morgan fingerprint density at radius 2 is 1.87 bits per heavy atom. The number of hydrogen-bond acceptors (Lipinski definition) is 3. The fraction of sp³-hybridized carbons (Fsp3) is 1.00. The average Bonchev–Trinajstić information content (AvgIpc) is 2.25. The zero-order chi connectivity index (χ0) is 11.1. The molecular formula is C12H26N2S. The maximum atomic E-state index is 5.92. The van der Waals surface area contributed by atoms with Crippen LogP contribution in [0, 0.1) is 0 Å². The minimum atomic E-state index is 0.478. The number of nitrogens with zero attached hydrogens (tertiary/aromatic N) is 1. The maximum Gasteiger partial charge on any atom is 0.00933 e. The van der Waals surface area contributed by atoms with E-state index in [0.29, 0.717) is 6.04 Å². The van der Waals surface area contributed by atoms with E-state index in [9.17, 15) is 0 Å². The van der Waals surface area contributed by atoms with Crippen molar-refractivity contribution in [1.29, 1.82) is 0 Å². The van der Waals surface area contributed by atoms with Crippen LogP contribution in [0.4, 0.5) is 0 Å². The van der Waals surface area contributed by atoms with E-state index in [1.54, 1.807) is 0 Å². The first kappa shape index (κ1) is 13.3. The SMILES string of the molecule is CSCCCCN(C)C1CCC(N)CC1. The van der Waals surface area contributed by atoms with Crippen molar-refractivity contribution in [3.05, 3.63) is 0 Å². The van der Waals surface area contributed by atoms with Crippen LogP contribution in [0.15, 0.2) is 0 Å². The van der Waals surface area contributed by atoms with Gasteiger partial charge in [-0.1, -0.05) is 0 Å². The topological polar surface area (TPSA) is 29.3 Å². The first-order valence-corrected chi connectivity index (χ1v) is 7.58. The van der Waals surface area contributed by atoms with Crippen molar-refractivity contribution in [1.82, 2.24) is 4.90 Å². The van der Waals surface area contributed by atoms with E-state index in [1.165, 1.54) is 50.8 Å². The molecule has 15 heavy (non-hydrogen) atoms. The van der Waals surface area contributed by atoms with Crippen LogP contribution in [0.1, 0.15) is 38.5 Å². The Balaban J connectivity index is 2.08. The molecule has 0 bridgehead atoms. The van der Waals surface area contributed by atoms with Crippen LogP contribution in [0.5, 0.6) is 0 Å². The first-order chi connectivity index (χ1) is 7.24. The molecule has 1 aliphatic carbocycles. The highest BCUT2D eigenvalue weighted by Crippen LogP contribution is 2.21. The normalized spacial score (nSPS) is 27.2. The van der Waals surface area contributed by atoms with Crippen molar-refractivity contribution >= 4 is 11.8 Å². The first-order valence-electron chi connectivity index (χ1n) is 6.18. The molecule has 0 spiro atoms. The Kier molecular flexibility index (Phi) is 6.69. The van der Waals surface area contributed by atoms with Crippen LogP contribution in [-0.4, -0.2) is 42.6 Å². The van der Waals surface area contributed by atoms with Gasteiger partial charge in [0.2, 0.25) is 0 Å². The Morgan fingerprint density at radius 1 is 1.20 bits per heavy atom. The molecular weight excluding hydrogens is 204 g/mol. The molecule has 0 heterocycles. The quantitative estimate of drug-likeness (QED) is 0.710. The molecule has 0 aliphatic heterocycles. The van der Waals surface area contributed by atoms with E-state index in [-0.39, 0.29) is 0 Å². The molecule has 2 N–H and O–H groups in total. The molecule has 90 valence electrons. The lowest BCUT2D eigenvalue weighted by Crippen LogP contribution is -2.39. The highest BCUT2D eigenvalue weighted by Gasteiger charge is 2.21. The molecule has 0 aromatic carbocycles. The molecule has 1 saturated carbocycles. The van der Waals surface area contributed by atoms with Crippen LogP contribution in [0.2, 0.25) is 0 Å². The second kappa shape index (κ2) is 7.53. The Morgan fingerprint density at radius 3 is 2.47 bits per heavy atom. The summed E-state index contributed by atoms with van der Waals surface area (Å²) < 4.78 is 0. The number of thioether (sulfide) groups is 1. The van der Waals surface area contributed by atoms with Crippen LogP contribution < -0.4 is 5.73 Å². The van der Waals surface area contributed by atoms with Crippen molar-refractivity contribution in [3.8, 4) is 0 Å². The molecule has 2 nitrogen and oxygen atoms in total. The lowest BCUT2D eigenvalue weighted by Gasteiger charge is -2.33. The van der Waals surface area contributed by atoms with Gasteiger partial charge < -0.3 is 10.6 Å². The number of hydrogen-bond donors (Lipinski definition) is 1. The summed E-state index contributed by atoms with van der Waals surface area (Å²) in [6.07, 6.45) is 9.95. The number of rotatable bonds is 6. The number of nitrogens with two attached hydrogens (primary N) is 1. The van der Waals surface area contributed by atoms with Gasteiger partial charge in [0.15, 0.2) is 0 Å². The van der Waals surface area contributed by atoms with Crippen molar-refractivity contribution < 1.29 is 0 Å². The third-order valence-electron chi connectivity index (χ3n) is 3.47. The molecule has 0 aromatic rings. The van der Waals surface area contributed by atoms with Gasteiger partial charge in [-0.15, -0.1) is 0 Å². The summed E-state index contributed by atoms with van der Waals surface area (Å²) >= 11 is 1.95. The molecule has 0 aromatic heterocycles. The molecule has 1 aliphatic rings. The van der Waals surface area contributed by atoms with Gasteiger partial charge >= 0.3 is 0 Å². The fourth-order valence-electron chi connectivity index (χ4n) is 2.33. The van der Waals surface area contributed by atoms with Gasteiger partial charge in [0, 0.05) is 12.1 Å². The molecule has 1 rings (SSSR count). The zero-order valence-electron chi connectivity index (χ0n) is 10.2. The molecule has 1 fully saturated rings. The Hall–Kier alpha value is 0.270. The van der Waals surface area contributed by atoms with Crippen LogP contribution >= 0.6 is 11.8 Å². The monoisotopic (exact) mass is 230 g/mol. The summed E-state index contributed by atoms with van der Waals surface area (Å²) in [6, 6.07) is 1.28. The van der Waals surface area contributed by atoms with Crippen LogP contribution in [0.25, 0.3) is 0 Å². The summed E-state index contributed by atoms with van der Waals surface area (Å²) in [5.74, 6) is 1.31. The third-order valence-corrected chi connectivity index (χ3v) is 4.17. The lowest BCUT2D eigenvalue weighted by molar-refractivity contribution is 0.181. The van der Waals surface area contributed by atoms with Gasteiger partial charge in [0.1, 0.15) is 0 Å². The van der Waals surface area contributed by atoms with E-state index in [0.717, 1.165) is 6.04 Å². The van der Waals surface area contributed by atoms with E-state index in [2.05, 4.69) is 18.2 Å². The second-order valence-electron chi connectivity index (χ2n) is 4.75. The second-order valence-corrected chi connectivity index (χ2v) is 5.73. The summed E-state index contributed by atoms with van der Waals surface area (Å²) in [4.78, 5) is 2.55. The highest BCUT2D eigenvalue weighted by atomic mass is 32.2. The lowest BCUT2D eigenvalue weighted by atomic mass is 9.91. The molecule has 0 unspecified atom stereocenters. The van der Waals surface area contributed by atoms with Gasteiger partial charge in [-0.05, 0) is 64.1 Å². The maximum absolute atomic E-state index is 5.92. The molecule has 0 saturated heterocycles. The minimum Gasteiger partial charge on any atom is -0.328 e. The molecule has 0 radical (unpaired) electrons. The Labute approximate surface area is 99.0 Å². The van der Waals surface area contributed by atoms with E-state index >= 15 is 0 Å². The summed E-state index contributed by atoms with van der Waals surface area (Å²) in [5.41, 5.74) is 5.92. The van der Waals surface area contributed by atoms with E-state index in [1.807, 2.05) is 11.8 Å². The summed E-state index contributed by atoms with van der Waals surface area (Å²) in [5, 5.41) is 0. The van der Waals surface area contributed by atoms with Crippen molar-refractivity contribution in [3.63, 3.8) is 0 Å². The van der Waals surface area contributed by atoms with E-state index in [4.69, 9.17) is 5.73 Å². The standard InChI is InChI=1S/C12H26N2S/c1-14(9-3-4-10-15-2)12-7-5-11(13)6-8-12/h11-12H,3-10,13H2,1-2H3. The van der Waals surface area contributed by atoms with Crippen molar-refractivity contribution in [2.45, 2.75) is 50.6 Å². The predicted octanol–water partition coefficient (Wildman–Crippen LogP) is 2.33. The van der Waals surface area contributed by atoms with Gasteiger partial charge in [0.05, 0.1) is 0 Å². The largest absolute Gasteiger partial charge is 0.328 e. The predicted molar refractivity (Wildman–Crippen MR) is 70.5 cm³/mol. The Bertz CT molecular complexity index is 156. The molecule has 0 amide bonds. The average molecular weight is 230 g/mol. The zero-order valence-corrected chi connectivity index (χ0v) is 11.1. The summed E-state index contributed by atoms with van der Waals surface area (Å²) in [7, 11) is 2.28. The molecule has 3 heteroatoms. The van der Waals surface area contributed by atoms with Gasteiger partial charge in [0.25, 0.3) is 0 Å². The number of unbranched alkanes of at least 4 members (excludes halogenated alkanes) is 1. The fourth-order valence-corrected chi connectivity index (χ4v) is 2.83. The van der Waals surface area contributed by atoms with Crippen LogP contribution in [-0.2, 0) is 0 Å². The minimum absolute atomic E-state index is 0.478. The smallest absolute Gasteiger partial charge is 0.00933 e. The molecule has 0 atom stereocenters. The highest BCUT2D eigenvalue weighted by molar-refractivity contribution is 7.98. The van der Waals surface area contributed by atoms with Crippen molar-refractivity contribution in [2.24, 2.45) is 5.73 Å². The van der Waals surface area contributed by atoms with Gasteiger partial charge in [-0.3, -0.25) is 0 Å². The van der Waals surface area contributed by atoms with E-state index < -0.39 is 0 Å². The summed E-state index contributed by atoms with van der Waals surface area (Å²) in [6.45, 7) is 1.26. The van der Waals surface area contributed by atoms with Crippen molar-refractivity contribution in [2.75, 3.05) is 25.6 Å². The third kappa shape index (κ3) is 5.23. The van der Waals surface area contributed by atoms with Gasteiger partial charge in [-0.2, -0.15) is 11.8 Å². The van der Waals surface area contributed by atoms with Gasteiger partial charge in [-0.25, -0.2) is 0 Å².